The van der Waals surface area contributed by atoms with Gasteiger partial charge in [-0.25, -0.2) is 0 Å². The average Bonchev–Trinajstić information content (AvgIpc) is 2.73. The van der Waals surface area contributed by atoms with Gasteiger partial charge in [0.1, 0.15) is 5.75 Å². The summed E-state index contributed by atoms with van der Waals surface area (Å²) in [6.07, 6.45) is 1.97. The van der Waals surface area contributed by atoms with Gasteiger partial charge in [0.15, 0.2) is 0 Å². The van der Waals surface area contributed by atoms with Crippen LogP contribution in [-0.4, -0.2) is 15.9 Å². The van der Waals surface area contributed by atoms with Crippen molar-refractivity contribution in [2.45, 2.75) is 26.5 Å². The number of hydrogen-bond donors (Lipinski definition) is 1. The van der Waals surface area contributed by atoms with Gasteiger partial charge in [-0.05, 0) is 32.0 Å². The zero-order chi connectivity index (χ0) is 13.0. The second-order valence-corrected chi connectivity index (χ2v) is 4.46. The molecular formula is C14H19N3O. The number of para-hydroxylation sites is 2. The molecular weight excluding hydrogens is 226 g/mol. The molecule has 2 rings (SSSR count). The molecule has 2 aromatic rings. The maximum atomic E-state index is 5.76. The summed E-state index contributed by atoms with van der Waals surface area (Å²) in [5.41, 5.74) is 2.14. The van der Waals surface area contributed by atoms with Crippen molar-refractivity contribution in [3.63, 3.8) is 0 Å². The number of anilines is 1. The molecule has 0 spiro atoms. The summed E-state index contributed by atoms with van der Waals surface area (Å²) in [7, 11) is 1.94. The van der Waals surface area contributed by atoms with Crippen molar-refractivity contribution in [3.8, 4) is 5.75 Å². The summed E-state index contributed by atoms with van der Waals surface area (Å²) in [5.74, 6) is 0.884. The van der Waals surface area contributed by atoms with Gasteiger partial charge in [0.25, 0.3) is 0 Å². The average molecular weight is 245 g/mol. The van der Waals surface area contributed by atoms with Crippen LogP contribution in [0.3, 0.4) is 0 Å². The molecule has 0 fully saturated rings. The largest absolute Gasteiger partial charge is 0.489 e. The molecule has 1 heterocycles. The quantitative estimate of drug-likeness (QED) is 0.880. The van der Waals surface area contributed by atoms with Gasteiger partial charge in [0, 0.05) is 13.2 Å². The van der Waals surface area contributed by atoms with Crippen molar-refractivity contribution in [2.24, 2.45) is 7.05 Å². The Labute approximate surface area is 108 Å². The second-order valence-electron chi connectivity index (χ2n) is 4.46. The van der Waals surface area contributed by atoms with Gasteiger partial charge in [-0.2, -0.15) is 5.10 Å². The molecule has 0 unspecified atom stereocenters. The first kappa shape index (κ1) is 12.5. The van der Waals surface area contributed by atoms with Crippen LogP contribution >= 0.6 is 0 Å². The van der Waals surface area contributed by atoms with E-state index in [1.54, 1.807) is 6.20 Å². The second kappa shape index (κ2) is 5.58. The van der Waals surface area contributed by atoms with Gasteiger partial charge in [0.2, 0.25) is 0 Å². The number of nitrogens with zero attached hydrogens (tertiary/aromatic N) is 2. The van der Waals surface area contributed by atoms with Crippen LogP contribution < -0.4 is 10.1 Å². The number of hydrogen-bond acceptors (Lipinski definition) is 3. The summed E-state index contributed by atoms with van der Waals surface area (Å²) in [6.45, 7) is 4.78. The lowest BCUT2D eigenvalue weighted by atomic mass is 10.2. The number of benzene rings is 1. The highest BCUT2D eigenvalue weighted by Gasteiger charge is 2.05. The van der Waals surface area contributed by atoms with E-state index in [0.717, 1.165) is 23.7 Å². The summed E-state index contributed by atoms with van der Waals surface area (Å²) in [4.78, 5) is 0. The third kappa shape index (κ3) is 3.03. The third-order valence-electron chi connectivity index (χ3n) is 2.63. The van der Waals surface area contributed by atoms with Crippen LogP contribution in [0.4, 0.5) is 5.69 Å². The smallest absolute Gasteiger partial charge is 0.142 e. The first-order chi connectivity index (χ1) is 8.66. The van der Waals surface area contributed by atoms with Crippen LogP contribution in [0.15, 0.2) is 36.5 Å². The topological polar surface area (TPSA) is 39.1 Å². The van der Waals surface area contributed by atoms with E-state index in [0.29, 0.717) is 0 Å². The number of aromatic nitrogens is 2. The van der Waals surface area contributed by atoms with Crippen LogP contribution in [0, 0.1) is 0 Å². The molecule has 0 atom stereocenters. The Hall–Kier alpha value is -1.97. The Bertz CT molecular complexity index is 505. The van der Waals surface area contributed by atoms with E-state index < -0.39 is 0 Å². The molecule has 4 nitrogen and oxygen atoms in total. The molecule has 0 saturated heterocycles. The number of ether oxygens (including phenoxy) is 1. The highest BCUT2D eigenvalue weighted by molar-refractivity contribution is 5.56. The Morgan fingerprint density at radius 1 is 1.28 bits per heavy atom. The Kier molecular flexibility index (Phi) is 3.87. The monoisotopic (exact) mass is 245 g/mol. The molecule has 4 heteroatoms. The van der Waals surface area contributed by atoms with Gasteiger partial charge in [0.05, 0.1) is 24.0 Å². The van der Waals surface area contributed by atoms with Crippen LogP contribution in [0.1, 0.15) is 19.5 Å². The molecule has 0 aliphatic heterocycles. The normalized spacial score (nSPS) is 10.7. The SMILES string of the molecule is CC(C)Oc1ccccc1NCc1ccnn1C. The predicted octanol–water partition coefficient (Wildman–Crippen LogP) is 2.82. The molecule has 18 heavy (non-hydrogen) atoms. The standard InChI is InChI=1S/C14H19N3O/c1-11(2)18-14-7-5-4-6-13(14)15-10-12-8-9-16-17(12)3/h4-9,11,15H,10H2,1-3H3. The van der Waals surface area contributed by atoms with Crippen LogP contribution in [0.5, 0.6) is 5.75 Å². The van der Waals surface area contributed by atoms with Crippen molar-refractivity contribution in [2.75, 3.05) is 5.32 Å². The minimum atomic E-state index is 0.171. The first-order valence-corrected chi connectivity index (χ1v) is 6.13. The van der Waals surface area contributed by atoms with Crippen molar-refractivity contribution in [1.82, 2.24) is 9.78 Å². The Morgan fingerprint density at radius 2 is 2.06 bits per heavy atom. The molecule has 1 N–H and O–H groups in total. The van der Waals surface area contributed by atoms with E-state index in [1.807, 2.05) is 55.9 Å². The lowest BCUT2D eigenvalue weighted by Gasteiger charge is -2.15. The highest BCUT2D eigenvalue weighted by Crippen LogP contribution is 2.25. The number of nitrogens with one attached hydrogen (secondary N) is 1. The third-order valence-corrected chi connectivity index (χ3v) is 2.63. The molecule has 0 saturated carbocycles. The minimum Gasteiger partial charge on any atom is -0.489 e. The van der Waals surface area contributed by atoms with Crippen LogP contribution in [0.2, 0.25) is 0 Å². The van der Waals surface area contributed by atoms with Gasteiger partial charge in [-0.3, -0.25) is 4.68 Å². The molecule has 0 aliphatic carbocycles. The lowest BCUT2D eigenvalue weighted by Crippen LogP contribution is -2.10. The van der Waals surface area contributed by atoms with E-state index in [-0.39, 0.29) is 6.10 Å². The Balaban J connectivity index is 2.07. The van der Waals surface area contributed by atoms with Crippen molar-refractivity contribution >= 4 is 5.69 Å². The number of rotatable bonds is 5. The lowest BCUT2D eigenvalue weighted by molar-refractivity contribution is 0.243. The van der Waals surface area contributed by atoms with E-state index >= 15 is 0 Å². The summed E-state index contributed by atoms with van der Waals surface area (Å²) in [5, 5.41) is 7.52. The highest BCUT2D eigenvalue weighted by atomic mass is 16.5. The molecule has 96 valence electrons. The van der Waals surface area contributed by atoms with Gasteiger partial charge < -0.3 is 10.1 Å². The Morgan fingerprint density at radius 3 is 2.72 bits per heavy atom. The fourth-order valence-corrected chi connectivity index (χ4v) is 1.73. The maximum absolute atomic E-state index is 5.76. The summed E-state index contributed by atoms with van der Waals surface area (Å²) >= 11 is 0. The zero-order valence-corrected chi connectivity index (χ0v) is 11.1. The molecule has 0 radical (unpaired) electrons. The minimum absolute atomic E-state index is 0.171. The zero-order valence-electron chi connectivity index (χ0n) is 11.1. The van der Waals surface area contributed by atoms with E-state index in [4.69, 9.17) is 4.74 Å². The summed E-state index contributed by atoms with van der Waals surface area (Å²) in [6, 6.07) is 9.98. The fraction of sp³-hybridized carbons (Fsp3) is 0.357. The predicted molar refractivity (Wildman–Crippen MR) is 72.7 cm³/mol. The number of aryl methyl sites for hydroxylation is 1. The first-order valence-electron chi connectivity index (χ1n) is 6.13. The van der Waals surface area contributed by atoms with Crippen LogP contribution in [0.25, 0.3) is 0 Å². The summed E-state index contributed by atoms with van der Waals surface area (Å²) < 4.78 is 7.62. The van der Waals surface area contributed by atoms with E-state index in [1.165, 1.54) is 0 Å². The van der Waals surface area contributed by atoms with Crippen molar-refractivity contribution in [3.05, 3.63) is 42.2 Å². The van der Waals surface area contributed by atoms with Crippen molar-refractivity contribution in [1.29, 1.82) is 0 Å². The van der Waals surface area contributed by atoms with Crippen molar-refractivity contribution < 1.29 is 4.74 Å². The molecule has 1 aromatic heterocycles. The fourth-order valence-electron chi connectivity index (χ4n) is 1.73. The van der Waals surface area contributed by atoms with Gasteiger partial charge >= 0.3 is 0 Å². The molecule has 0 aliphatic rings. The molecule has 0 amide bonds. The van der Waals surface area contributed by atoms with Gasteiger partial charge in [-0.1, -0.05) is 12.1 Å². The van der Waals surface area contributed by atoms with E-state index in [9.17, 15) is 0 Å². The van der Waals surface area contributed by atoms with Crippen LogP contribution in [-0.2, 0) is 13.6 Å². The van der Waals surface area contributed by atoms with Gasteiger partial charge in [-0.15, -0.1) is 0 Å². The molecule has 0 bridgehead atoms. The maximum Gasteiger partial charge on any atom is 0.142 e. The molecule has 1 aromatic carbocycles. The van der Waals surface area contributed by atoms with E-state index in [2.05, 4.69) is 10.4 Å².